The Balaban J connectivity index is 1.59. The summed E-state index contributed by atoms with van der Waals surface area (Å²) in [6.07, 6.45) is 1.64. The van der Waals surface area contributed by atoms with Crippen LogP contribution in [0.3, 0.4) is 0 Å². The molecule has 0 atom stereocenters. The number of amides is 1. The number of pyridine rings is 1. The van der Waals surface area contributed by atoms with E-state index in [0.29, 0.717) is 17.2 Å². The molecule has 0 aliphatic heterocycles. The molecule has 0 aliphatic carbocycles. The molecule has 0 unspecified atom stereocenters. The molecule has 0 spiro atoms. The standard InChI is InChI=1S/C19H15N5O/c1-24-12-20-18(23-24)14-6-4-7-15(11-14)21-19(25)17-10-9-13-5-2-3-8-16(13)22-17/h2-12H,1H3,(H,21,25). The number of para-hydroxylation sites is 1. The average molecular weight is 329 g/mol. The highest BCUT2D eigenvalue weighted by molar-refractivity contribution is 6.04. The highest BCUT2D eigenvalue weighted by Gasteiger charge is 2.10. The summed E-state index contributed by atoms with van der Waals surface area (Å²) < 4.78 is 1.64. The number of aryl methyl sites for hydroxylation is 1. The van der Waals surface area contributed by atoms with E-state index in [2.05, 4.69) is 20.4 Å². The topological polar surface area (TPSA) is 72.7 Å². The molecule has 4 rings (SSSR count). The predicted octanol–water partition coefficient (Wildman–Crippen LogP) is 3.28. The number of hydrogen-bond acceptors (Lipinski definition) is 4. The van der Waals surface area contributed by atoms with E-state index >= 15 is 0 Å². The number of aromatic nitrogens is 4. The van der Waals surface area contributed by atoms with E-state index in [-0.39, 0.29) is 5.91 Å². The number of hydrogen-bond donors (Lipinski definition) is 1. The van der Waals surface area contributed by atoms with Gasteiger partial charge in [-0.05, 0) is 24.3 Å². The quantitative estimate of drug-likeness (QED) is 0.626. The number of nitrogens with one attached hydrogen (secondary N) is 1. The smallest absolute Gasteiger partial charge is 0.274 e. The van der Waals surface area contributed by atoms with Gasteiger partial charge in [0.15, 0.2) is 5.82 Å². The van der Waals surface area contributed by atoms with Crippen molar-refractivity contribution in [1.29, 1.82) is 0 Å². The third kappa shape index (κ3) is 3.10. The zero-order valence-electron chi connectivity index (χ0n) is 13.5. The van der Waals surface area contributed by atoms with Gasteiger partial charge in [-0.2, -0.15) is 5.10 Å². The first-order chi connectivity index (χ1) is 12.2. The van der Waals surface area contributed by atoms with Crippen molar-refractivity contribution in [2.75, 3.05) is 5.32 Å². The SMILES string of the molecule is Cn1cnc(-c2cccc(NC(=O)c3ccc4ccccc4n3)c2)n1. The van der Waals surface area contributed by atoms with Crippen LogP contribution in [-0.2, 0) is 7.05 Å². The number of fused-ring (bicyclic) bond motifs is 1. The summed E-state index contributed by atoms with van der Waals surface area (Å²) in [5.41, 5.74) is 2.68. The van der Waals surface area contributed by atoms with E-state index in [0.717, 1.165) is 16.5 Å². The highest BCUT2D eigenvalue weighted by Crippen LogP contribution is 2.20. The lowest BCUT2D eigenvalue weighted by molar-refractivity contribution is 0.102. The summed E-state index contributed by atoms with van der Waals surface area (Å²) in [5, 5.41) is 8.15. The van der Waals surface area contributed by atoms with Crippen LogP contribution in [0.15, 0.2) is 67.0 Å². The van der Waals surface area contributed by atoms with E-state index in [9.17, 15) is 4.79 Å². The summed E-state index contributed by atoms with van der Waals surface area (Å²) in [5.74, 6) is 0.360. The summed E-state index contributed by atoms with van der Waals surface area (Å²) in [7, 11) is 1.81. The second kappa shape index (κ2) is 6.16. The van der Waals surface area contributed by atoms with Gasteiger partial charge in [0, 0.05) is 23.7 Å². The third-order valence-electron chi connectivity index (χ3n) is 3.81. The maximum Gasteiger partial charge on any atom is 0.274 e. The first-order valence-corrected chi connectivity index (χ1v) is 7.82. The van der Waals surface area contributed by atoms with Gasteiger partial charge in [-0.25, -0.2) is 9.97 Å². The normalized spacial score (nSPS) is 10.8. The maximum atomic E-state index is 12.5. The summed E-state index contributed by atoms with van der Waals surface area (Å²) in [6, 6.07) is 18.7. The van der Waals surface area contributed by atoms with Crippen LogP contribution in [0.2, 0.25) is 0 Å². The molecule has 1 N–H and O–H groups in total. The fourth-order valence-corrected chi connectivity index (χ4v) is 2.60. The molecular formula is C19H15N5O. The Hall–Kier alpha value is -3.54. The number of carbonyl (C=O) groups excluding carboxylic acids is 1. The van der Waals surface area contributed by atoms with Crippen molar-refractivity contribution in [2.45, 2.75) is 0 Å². The van der Waals surface area contributed by atoms with Gasteiger partial charge in [-0.3, -0.25) is 9.48 Å². The second-order valence-electron chi connectivity index (χ2n) is 5.67. The molecule has 0 fully saturated rings. The summed E-state index contributed by atoms with van der Waals surface area (Å²) >= 11 is 0. The number of nitrogens with zero attached hydrogens (tertiary/aromatic N) is 4. The fourth-order valence-electron chi connectivity index (χ4n) is 2.60. The van der Waals surface area contributed by atoms with E-state index in [1.54, 1.807) is 17.1 Å². The monoisotopic (exact) mass is 329 g/mol. The van der Waals surface area contributed by atoms with E-state index in [1.165, 1.54) is 0 Å². The molecule has 2 aromatic heterocycles. The third-order valence-corrected chi connectivity index (χ3v) is 3.81. The van der Waals surface area contributed by atoms with E-state index < -0.39 is 0 Å². The van der Waals surface area contributed by atoms with E-state index in [1.807, 2.05) is 61.6 Å². The first kappa shape index (κ1) is 15.0. The molecule has 0 radical (unpaired) electrons. The lowest BCUT2D eigenvalue weighted by Gasteiger charge is -2.07. The lowest BCUT2D eigenvalue weighted by Crippen LogP contribution is -2.13. The molecule has 0 saturated carbocycles. The molecule has 6 nitrogen and oxygen atoms in total. The van der Waals surface area contributed by atoms with Gasteiger partial charge in [-0.1, -0.05) is 36.4 Å². The minimum Gasteiger partial charge on any atom is -0.321 e. The van der Waals surface area contributed by atoms with Crippen LogP contribution in [0.25, 0.3) is 22.3 Å². The van der Waals surface area contributed by atoms with Gasteiger partial charge >= 0.3 is 0 Å². The zero-order valence-corrected chi connectivity index (χ0v) is 13.5. The molecule has 4 aromatic rings. The second-order valence-corrected chi connectivity index (χ2v) is 5.67. The minimum absolute atomic E-state index is 0.253. The predicted molar refractivity (Wildman–Crippen MR) is 96.1 cm³/mol. The lowest BCUT2D eigenvalue weighted by atomic mass is 10.1. The van der Waals surface area contributed by atoms with Gasteiger partial charge in [0.25, 0.3) is 5.91 Å². The molecule has 1 amide bonds. The van der Waals surface area contributed by atoms with Gasteiger partial charge in [0.1, 0.15) is 12.0 Å². The Morgan fingerprint density at radius 2 is 1.92 bits per heavy atom. The van der Waals surface area contributed by atoms with Gasteiger partial charge in [0.05, 0.1) is 5.52 Å². The average Bonchev–Trinajstić information content (AvgIpc) is 3.08. The van der Waals surface area contributed by atoms with Crippen molar-refractivity contribution in [1.82, 2.24) is 19.7 Å². The number of benzene rings is 2. The van der Waals surface area contributed by atoms with Crippen molar-refractivity contribution in [3.63, 3.8) is 0 Å². The van der Waals surface area contributed by atoms with Crippen molar-refractivity contribution < 1.29 is 4.79 Å². The van der Waals surface area contributed by atoms with Crippen molar-refractivity contribution in [2.24, 2.45) is 7.05 Å². The van der Waals surface area contributed by atoms with Crippen LogP contribution in [0.4, 0.5) is 5.69 Å². The number of anilines is 1. The van der Waals surface area contributed by atoms with Gasteiger partial charge < -0.3 is 5.32 Å². The molecule has 0 saturated heterocycles. The molecule has 2 heterocycles. The Morgan fingerprint density at radius 1 is 1.04 bits per heavy atom. The summed E-state index contributed by atoms with van der Waals surface area (Å²) in [4.78, 5) is 21.1. The minimum atomic E-state index is -0.253. The van der Waals surface area contributed by atoms with Crippen molar-refractivity contribution >= 4 is 22.5 Å². The van der Waals surface area contributed by atoms with Crippen molar-refractivity contribution in [3.8, 4) is 11.4 Å². The summed E-state index contributed by atoms with van der Waals surface area (Å²) in [6.45, 7) is 0. The highest BCUT2D eigenvalue weighted by atomic mass is 16.1. The van der Waals surface area contributed by atoms with Gasteiger partial charge in [-0.15, -0.1) is 0 Å². The molecular weight excluding hydrogens is 314 g/mol. The van der Waals surface area contributed by atoms with Gasteiger partial charge in [0.2, 0.25) is 0 Å². The largest absolute Gasteiger partial charge is 0.321 e. The molecule has 2 aromatic carbocycles. The van der Waals surface area contributed by atoms with Crippen molar-refractivity contribution in [3.05, 3.63) is 72.7 Å². The molecule has 122 valence electrons. The maximum absolute atomic E-state index is 12.5. The van der Waals surface area contributed by atoms with Crippen LogP contribution < -0.4 is 5.32 Å². The Labute approximate surface area is 144 Å². The van der Waals surface area contributed by atoms with Crippen LogP contribution in [0, 0.1) is 0 Å². The molecule has 0 aliphatic rings. The molecule has 6 heteroatoms. The Bertz CT molecular complexity index is 1070. The number of rotatable bonds is 3. The van der Waals surface area contributed by atoms with Crippen LogP contribution in [0.5, 0.6) is 0 Å². The van der Waals surface area contributed by atoms with Crippen LogP contribution in [-0.4, -0.2) is 25.7 Å². The van der Waals surface area contributed by atoms with Crippen LogP contribution in [0.1, 0.15) is 10.5 Å². The fraction of sp³-hybridized carbons (Fsp3) is 0.0526. The molecule has 0 bridgehead atoms. The first-order valence-electron chi connectivity index (χ1n) is 7.82. The van der Waals surface area contributed by atoms with E-state index in [4.69, 9.17) is 0 Å². The van der Waals surface area contributed by atoms with Crippen LogP contribution >= 0.6 is 0 Å². The Morgan fingerprint density at radius 3 is 2.76 bits per heavy atom. The zero-order chi connectivity index (χ0) is 17.2. The number of carbonyl (C=O) groups is 1. The molecule has 25 heavy (non-hydrogen) atoms. The Kier molecular flexibility index (Phi) is 3.70.